The summed E-state index contributed by atoms with van der Waals surface area (Å²) in [6, 6.07) is 4.41. The van der Waals surface area contributed by atoms with Crippen molar-refractivity contribution < 1.29 is 19.7 Å². The number of aliphatic hydroxyl groups is 1. The zero-order valence-electron chi connectivity index (χ0n) is 11.3. The van der Waals surface area contributed by atoms with E-state index in [2.05, 4.69) is 5.32 Å². The van der Waals surface area contributed by atoms with Gasteiger partial charge in [-0.2, -0.15) is 0 Å². The Labute approximate surface area is 112 Å². The first kappa shape index (κ1) is 13.7. The van der Waals surface area contributed by atoms with Crippen LogP contribution < -0.4 is 10.1 Å². The average Bonchev–Trinajstić information content (AvgIpc) is 2.38. The van der Waals surface area contributed by atoms with Crippen LogP contribution in [0.1, 0.15) is 30.6 Å². The summed E-state index contributed by atoms with van der Waals surface area (Å²) in [5.41, 5.74) is -0.166. The number of nitrogens with one attached hydrogen (secondary N) is 1. The lowest BCUT2D eigenvalue weighted by Gasteiger charge is -2.49. The van der Waals surface area contributed by atoms with Gasteiger partial charge in [-0.15, -0.1) is 0 Å². The summed E-state index contributed by atoms with van der Waals surface area (Å²) < 4.78 is 5.03. The first-order valence-electron chi connectivity index (χ1n) is 6.22. The highest BCUT2D eigenvalue weighted by molar-refractivity contribution is 5.97. The summed E-state index contributed by atoms with van der Waals surface area (Å²) in [7, 11) is 1.50. The smallest absolute Gasteiger partial charge is 0.255 e. The minimum atomic E-state index is -0.406. The third-order valence-corrected chi connectivity index (χ3v) is 3.97. The third-order valence-electron chi connectivity index (χ3n) is 3.97. The number of benzene rings is 1. The number of carbonyl (C=O) groups excluding carboxylic acids is 1. The number of phenols is 1. The molecule has 0 spiro atoms. The Morgan fingerprint density at radius 3 is 2.68 bits per heavy atom. The molecule has 0 aromatic heterocycles. The monoisotopic (exact) mass is 265 g/mol. The van der Waals surface area contributed by atoms with Gasteiger partial charge in [-0.05, 0) is 24.6 Å². The Morgan fingerprint density at radius 2 is 2.16 bits per heavy atom. The molecule has 1 aliphatic rings. The van der Waals surface area contributed by atoms with Crippen molar-refractivity contribution in [3.8, 4) is 11.5 Å². The Balaban J connectivity index is 2.13. The van der Waals surface area contributed by atoms with Crippen molar-refractivity contribution in [1.82, 2.24) is 5.32 Å². The highest BCUT2D eigenvalue weighted by Gasteiger charge is 2.48. The summed E-state index contributed by atoms with van der Waals surface area (Å²) in [4.78, 5) is 12.1. The SMILES string of the molecule is COc1ccc(O)c(C(=O)NC2CC(O)C2(C)C)c1. The molecule has 0 heterocycles. The summed E-state index contributed by atoms with van der Waals surface area (Å²) in [5.74, 6) is 0.0632. The van der Waals surface area contributed by atoms with Crippen LogP contribution in [0.2, 0.25) is 0 Å². The van der Waals surface area contributed by atoms with E-state index >= 15 is 0 Å². The molecule has 1 aromatic rings. The highest BCUT2D eigenvalue weighted by Crippen LogP contribution is 2.40. The van der Waals surface area contributed by atoms with E-state index in [-0.39, 0.29) is 28.7 Å². The molecular weight excluding hydrogens is 246 g/mol. The van der Waals surface area contributed by atoms with Crippen molar-refractivity contribution in [2.24, 2.45) is 5.41 Å². The van der Waals surface area contributed by atoms with Crippen molar-refractivity contribution >= 4 is 5.91 Å². The molecule has 5 nitrogen and oxygen atoms in total. The zero-order chi connectivity index (χ0) is 14.2. The van der Waals surface area contributed by atoms with E-state index in [1.54, 1.807) is 6.07 Å². The number of carbonyl (C=O) groups is 1. The van der Waals surface area contributed by atoms with Crippen molar-refractivity contribution in [3.63, 3.8) is 0 Å². The molecule has 2 unspecified atom stereocenters. The molecule has 0 radical (unpaired) electrons. The fraction of sp³-hybridized carbons (Fsp3) is 0.500. The number of aromatic hydroxyl groups is 1. The third kappa shape index (κ3) is 2.38. The molecule has 104 valence electrons. The van der Waals surface area contributed by atoms with Gasteiger partial charge in [0.05, 0.1) is 18.8 Å². The fourth-order valence-corrected chi connectivity index (χ4v) is 2.21. The lowest BCUT2D eigenvalue weighted by atomic mass is 9.64. The van der Waals surface area contributed by atoms with Crippen molar-refractivity contribution in [1.29, 1.82) is 0 Å². The first-order valence-corrected chi connectivity index (χ1v) is 6.22. The first-order chi connectivity index (χ1) is 8.86. The molecule has 1 saturated carbocycles. The molecule has 19 heavy (non-hydrogen) atoms. The molecule has 5 heteroatoms. The molecule has 2 rings (SSSR count). The van der Waals surface area contributed by atoms with Gasteiger partial charge in [0, 0.05) is 11.5 Å². The van der Waals surface area contributed by atoms with Crippen LogP contribution in [0.3, 0.4) is 0 Å². The van der Waals surface area contributed by atoms with Crippen LogP contribution in [0.4, 0.5) is 0 Å². The normalized spacial score (nSPS) is 24.4. The van der Waals surface area contributed by atoms with E-state index in [4.69, 9.17) is 4.74 Å². The second kappa shape index (κ2) is 4.74. The maximum atomic E-state index is 12.1. The molecule has 0 aliphatic heterocycles. The highest BCUT2D eigenvalue weighted by atomic mass is 16.5. The topological polar surface area (TPSA) is 78.8 Å². The maximum absolute atomic E-state index is 12.1. The second-order valence-electron chi connectivity index (χ2n) is 5.48. The van der Waals surface area contributed by atoms with Crippen LogP contribution in [-0.2, 0) is 0 Å². The summed E-state index contributed by atoms with van der Waals surface area (Å²) in [6.45, 7) is 3.80. The summed E-state index contributed by atoms with van der Waals surface area (Å²) in [6.07, 6.45) is 0.125. The van der Waals surface area contributed by atoms with Crippen LogP contribution >= 0.6 is 0 Å². The minimum Gasteiger partial charge on any atom is -0.507 e. The van der Waals surface area contributed by atoms with Crippen LogP contribution in [-0.4, -0.2) is 35.4 Å². The van der Waals surface area contributed by atoms with Crippen LogP contribution in [0.5, 0.6) is 11.5 Å². The van der Waals surface area contributed by atoms with E-state index in [0.29, 0.717) is 12.2 Å². The van der Waals surface area contributed by atoms with E-state index < -0.39 is 6.10 Å². The number of hydrogen-bond donors (Lipinski definition) is 3. The Morgan fingerprint density at radius 1 is 1.47 bits per heavy atom. The van der Waals surface area contributed by atoms with Gasteiger partial charge >= 0.3 is 0 Å². The second-order valence-corrected chi connectivity index (χ2v) is 5.48. The van der Waals surface area contributed by atoms with Gasteiger partial charge in [-0.1, -0.05) is 13.8 Å². The van der Waals surface area contributed by atoms with Gasteiger partial charge in [0.15, 0.2) is 0 Å². The summed E-state index contributed by atoms with van der Waals surface area (Å²) >= 11 is 0. The van der Waals surface area contributed by atoms with Crippen molar-refractivity contribution in [2.75, 3.05) is 7.11 Å². The molecule has 2 atom stereocenters. The molecular formula is C14H19NO4. The Kier molecular flexibility index (Phi) is 3.41. The average molecular weight is 265 g/mol. The van der Waals surface area contributed by atoms with Crippen molar-refractivity contribution in [2.45, 2.75) is 32.4 Å². The van der Waals surface area contributed by atoms with Crippen molar-refractivity contribution in [3.05, 3.63) is 23.8 Å². The molecule has 0 bridgehead atoms. The standard InChI is InChI=1S/C14H19NO4/c1-14(2)11(7-12(14)17)15-13(18)9-6-8(19-3)4-5-10(9)16/h4-6,11-12,16-17H,7H2,1-3H3,(H,15,18). The predicted octanol–water partition coefficient (Wildman–Crippen LogP) is 1.29. The van der Waals surface area contributed by atoms with Crippen LogP contribution in [0.15, 0.2) is 18.2 Å². The molecule has 1 aromatic carbocycles. The lowest BCUT2D eigenvalue weighted by Crippen LogP contribution is -2.61. The summed E-state index contributed by atoms with van der Waals surface area (Å²) in [5, 5.41) is 22.2. The van der Waals surface area contributed by atoms with Gasteiger partial charge < -0.3 is 20.3 Å². The Hall–Kier alpha value is -1.75. The van der Waals surface area contributed by atoms with E-state index in [1.807, 2.05) is 13.8 Å². The Bertz CT molecular complexity index is 498. The number of hydrogen-bond acceptors (Lipinski definition) is 4. The quantitative estimate of drug-likeness (QED) is 0.769. The predicted molar refractivity (Wildman–Crippen MR) is 70.3 cm³/mol. The number of ether oxygens (including phenoxy) is 1. The maximum Gasteiger partial charge on any atom is 0.255 e. The van der Waals surface area contributed by atoms with Crippen LogP contribution in [0, 0.1) is 5.41 Å². The number of methoxy groups -OCH3 is 1. The van der Waals surface area contributed by atoms with Gasteiger partial charge in [0.25, 0.3) is 5.91 Å². The minimum absolute atomic E-state index is 0.0871. The van der Waals surface area contributed by atoms with Crippen LogP contribution in [0.25, 0.3) is 0 Å². The number of amides is 1. The molecule has 1 amide bonds. The largest absolute Gasteiger partial charge is 0.507 e. The van der Waals surface area contributed by atoms with Gasteiger partial charge in [-0.3, -0.25) is 4.79 Å². The van der Waals surface area contributed by atoms with Gasteiger partial charge in [-0.25, -0.2) is 0 Å². The molecule has 1 fully saturated rings. The fourth-order valence-electron chi connectivity index (χ4n) is 2.21. The lowest BCUT2D eigenvalue weighted by molar-refractivity contribution is -0.0689. The van der Waals surface area contributed by atoms with Gasteiger partial charge in [0.1, 0.15) is 11.5 Å². The van der Waals surface area contributed by atoms with E-state index in [1.165, 1.54) is 19.2 Å². The van der Waals surface area contributed by atoms with E-state index in [0.717, 1.165) is 0 Å². The molecule has 0 saturated heterocycles. The molecule has 3 N–H and O–H groups in total. The zero-order valence-corrected chi connectivity index (χ0v) is 11.3. The number of phenolic OH excluding ortho intramolecular Hbond substituents is 1. The number of rotatable bonds is 3. The van der Waals surface area contributed by atoms with Gasteiger partial charge in [0.2, 0.25) is 0 Å². The molecule has 1 aliphatic carbocycles. The van der Waals surface area contributed by atoms with E-state index in [9.17, 15) is 15.0 Å². The number of aliphatic hydroxyl groups excluding tert-OH is 1.